The first-order valence-electron chi connectivity index (χ1n) is 8.41. The summed E-state index contributed by atoms with van der Waals surface area (Å²) in [5, 5.41) is 7.54. The van der Waals surface area contributed by atoms with Gasteiger partial charge in [-0.25, -0.2) is 0 Å². The molecule has 6 heteroatoms. The van der Waals surface area contributed by atoms with Crippen molar-refractivity contribution in [3.05, 3.63) is 36.0 Å². The Labute approximate surface area is 142 Å². The number of rotatable bonds is 5. The van der Waals surface area contributed by atoms with Crippen molar-refractivity contribution < 1.29 is 14.0 Å². The van der Waals surface area contributed by atoms with Crippen LogP contribution < -0.4 is 10.1 Å². The van der Waals surface area contributed by atoms with Gasteiger partial charge >= 0.3 is 0 Å². The summed E-state index contributed by atoms with van der Waals surface area (Å²) in [5.74, 6) is 1.97. The summed E-state index contributed by atoms with van der Waals surface area (Å²) in [7, 11) is 0. The SMILES string of the molecule is CC(C)(C)c1nc(COc2ccccc2NC2CCOCC2)no1. The van der Waals surface area contributed by atoms with Gasteiger partial charge in [-0.2, -0.15) is 4.98 Å². The molecule has 2 aromatic rings. The van der Waals surface area contributed by atoms with Gasteiger partial charge in [0, 0.05) is 24.7 Å². The molecular formula is C18H25N3O3. The molecule has 0 bridgehead atoms. The highest BCUT2D eigenvalue weighted by Gasteiger charge is 2.22. The Morgan fingerprint density at radius 2 is 1.96 bits per heavy atom. The average molecular weight is 331 g/mol. The molecule has 130 valence electrons. The molecule has 0 radical (unpaired) electrons. The number of para-hydroxylation sites is 2. The smallest absolute Gasteiger partial charge is 0.232 e. The lowest BCUT2D eigenvalue weighted by Gasteiger charge is -2.25. The van der Waals surface area contributed by atoms with E-state index in [0.717, 1.165) is 37.5 Å². The molecule has 2 heterocycles. The molecule has 3 rings (SSSR count). The van der Waals surface area contributed by atoms with Gasteiger partial charge in [0.05, 0.1) is 5.69 Å². The summed E-state index contributed by atoms with van der Waals surface area (Å²) in [6.45, 7) is 8.01. The van der Waals surface area contributed by atoms with E-state index in [1.165, 1.54) is 0 Å². The molecule has 6 nitrogen and oxygen atoms in total. The van der Waals surface area contributed by atoms with Gasteiger partial charge < -0.3 is 19.3 Å². The Morgan fingerprint density at radius 3 is 2.67 bits per heavy atom. The lowest BCUT2D eigenvalue weighted by Crippen LogP contribution is -2.28. The number of benzene rings is 1. The minimum absolute atomic E-state index is 0.159. The summed E-state index contributed by atoms with van der Waals surface area (Å²) in [6.07, 6.45) is 2.02. The number of hydrogen-bond acceptors (Lipinski definition) is 6. The Morgan fingerprint density at radius 1 is 1.21 bits per heavy atom. The maximum Gasteiger partial charge on any atom is 0.232 e. The van der Waals surface area contributed by atoms with Crippen LogP contribution in [0.3, 0.4) is 0 Å². The van der Waals surface area contributed by atoms with Crippen molar-refractivity contribution in [1.82, 2.24) is 10.1 Å². The van der Waals surface area contributed by atoms with Crippen LogP contribution in [0.15, 0.2) is 28.8 Å². The molecule has 1 aliphatic heterocycles. The minimum Gasteiger partial charge on any atom is -0.483 e. The number of hydrogen-bond donors (Lipinski definition) is 1. The van der Waals surface area contributed by atoms with Crippen molar-refractivity contribution >= 4 is 5.69 Å². The van der Waals surface area contributed by atoms with Crippen LogP contribution in [0.5, 0.6) is 5.75 Å². The molecule has 0 atom stereocenters. The number of aromatic nitrogens is 2. The van der Waals surface area contributed by atoms with Crippen LogP contribution in [0.25, 0.3) is 0 Å². The van der Waals surface area contributed by atoms with Gasteiger partial charge in [-0.05, 0) is 25.0 Å². The van der Waals surface area contributed by atoms with Gasteiger partial charge in [-0.3, -0.25) is 0 Å². The van der Waals surface area contributed by atoms with Gasteiger partial charge in [0.25, 0.3) is 0 Å². The quantitative estimate of drug-likeness (QED) is 0.904. The van der Waals surface area contributed by atoms with E-state index in [1.54, 1.807) is 0 Å². The number of nitrogens with one attached hydrogen (secondary N) is 1. The van der Waals surface area contributed by atoms with Crippen LogP contribution in [0.2, 0.25) is 0 Å². The molecule has 1 fully saturated rings. The third kappa shape index (κ3) is 4.26. The van der Waals surface area contributed by atoms with E-state index in [1.807, 2.05) is 45.0 Å². The first-order valence-corrected chi connectivity index (χ1v) is 8.41. The lowest BCUT2D eigenvalue weighted by atomic mass is 9.97. The molecule has 1 aromatic heterocycles. The van der Waals surface area contributed by atoms with Gasteiger partial charge in [0.15, 0.2) is 6.61 Å². The van der Waals surface area contributed by atoms with Crippen LogP contribution in [0.1, 0.15) is 45.3 Å². The highest BCUT2D eigenvalue weighted by atomic mass is 16.5. The largest absolute Gasteiger partial charge is 0.483 e. The van der Waals surface area contributed by atoms with E-state index >= 15 is 0 Å². The fourth-order valence-corrected chi connectivity index (χ4v) is 2.53. The van der Waals surface area contributed by atoms with Crippen molar-refractivity contribution in [1.29, 1.82) is 0 Å². The van der Waals surface area contributed by atoms with Crippen molar-refractivity contribution in [2.45, 2.75) is 51.7 Å². The van der Waals surface area contributed by atoms with E-state index in [-0.39, 0.29) is 12.0 Å². The second kappa shape index (κ2) is 7.21. The minimum atomic E-state index is -0.159. The molecule has 1 aliphatic rings. The monoisotopic (exact) mass is 331 g/mol. The topological polar surface area (TPSA) is 69.4 Å². The number of anilines is 1. The van der Waals surface area contributed by atoms with Crippen molar-refractivity contribution in [3.8, 4) is 5.75 Å². The second-order valence-electron chi connectivity index (χ2n) is 7.08. The standard InChI is InChI=1S/C18H25N3O3/c1-18(2,3)17-20-16(21-24-17)12-23-15-7-5-4-6-14(15)19-13-8-10-22-11-9-13/h4-7,13,19H,8-12H2,1-3H3. The highest BCUT2D eigenvalue weighted by Crippen LogP contribution is 2.27. The third-order valence-corrected chi connectivity index (χ3v) is 3.93. The van der Waals surface area contributed by atoms with E-state index < -0.39 is 0 Å². The van der Waals surface area contributed by atoms with Crippen molar-refractivity contribution in [2.24, 2.45) is 0 Å². The Kier molecular flexibility index (Phi) is 5.04. The summed E-state index contributed by atoms with van der Waals surface area (Å²) in [4.78, 5) is 4.40. The Bertz CT molecular complexity index is 658. The lowest BCUT2D eigenvalue weighted by molar-refractivity contribution is 0.0904. The van der Waals surface area contributed by atoms with Gasteiger partial charge in [-0.15, -0.1) is 0 Å². The molecular weight excluding hydrogens is 306 g/mol. The van der Waals surface area contributed by atoms with Gasteiger partial charge in [0.2, 0.25) is 11.7 Å². The van der Waals surface area contributed by atoms with Crippen LogP contribution in [0, 0.1) is 0 Å². The second-order valence-corrected chi connectivity index (χ2v) is 7.08. The maximum absolute atomic E-state index is 5.91. The van der Waals surface area contributed by atoms with Crippen molar-refractivity contribution in [3.63, 3.8) is 0 Å². The molecule has 1 N–H and O–H groups in total. The number of ether oxygens (including phenoxy) is 2. The summed E-state index contributed by atoms with van der Waals surface area (Å²) in [6, 6.07) is 8.36. The first-order chi connectivity index (χ1) is 11.5. The predicted molar refractivity (Wildman–Crippen MR) is 91.2 cm³/mol. The Hall–Kier alpha value is -2.08. The van der Waals surface area contributed by atoms with Gasteiger partial charge in [-0.1, -0.05) is 38.1 Å². The molecule has 0 aliphatic carbocycles. The summed E-state index contributed by atoms with van der Waals surface area (Å²) >= 11 is 0. The van der Waals surface area contributed by atoms with E-state index in [4.69, 9.17) is 14.0 Å². The predicted octanol–water partition coefficient (Wildman–Crippen LogP) is 3.54. The molecule has 0 amide bonds. The fourth-order valence-electron chi connectivity index (χ4n) is 2.53. The van der Waals surface area contributed by atoms with E-state index in [0.29, 0.717) is 17.8 Å². The highest BCUT2D eigenvalue weighted by molar-refractivity contribution is 5.56. The molecule has 24 heavy (non-hydrogen) atoms. The molecule has 1 saturated heterocycles. The third-order valence-electron chi connectivity index (χ3n) is 3.93. The average Bonchev–Trinajstić information content (AvgIpc) is 3.04. The number of nitrogens with zero attached hydrogens (tertiary/aromatic N) is 2. The first kappa shape index (κ1) is 16.8. The molecule has 0 unspecified atom stereocenters. The zero-order chi connectivity index (χ0) is 17.0. The van der Waals surface area contributed by atoms with Crippen LogP contribution in [-0.4, -0.2) is 29.4 Å². The Balaban J connectivity index is 1.63. The summed E-state index contributed by atoms with van der Waals surface area (Å²) < 4.78 is 16.6. The fraction of sp³-hybridized carbons (Fsp3) is 0.556. The zero-order valence-corrected chi connectivity index (χ0v) is 14.5. The molecule has 1 aromatic carbocycles. The molecule has 0 spiro atoms. The van der Waals surface area contributed by atoms with Crippen LogP contribution in [-0.2, 0) is 16.8 Å². The van der Waals surface area contributed by atoms with Gasteiger partial charge in [0.1, 0.15) is 5.75 Å². The maximum atomic E-state index is 5.91. The normalized spacial score (nSPS) is 16.1. The van der Waals surface area contributed by atoms with Crippen LogP contribution >= 0.6 is 0 Å². The molecule has 0 saturated carbocycles. The zero-order valence-electron chi connectivity index (χ0n) is 14.5. The summed E-state index contributed by atoms with van der Waals surface area (Å²) in [5.41, 5.74) is 0.831. The van der Waals surface area contributed by atoms with Crippen molar-refractivity contribution in [2.75, 3.05) is 18.5 Å². The van der Waals surface area contributed by atoms with Crippen LogP contribution in [0.4, 0.5) is 5.69 Å². The van der Waals surface area contributed by atoms with E-state index in [2.05, 4.69) is 15.5 Å². The van der Waals surface area contributed by atoms with E-state index in [9.17, 15) is 0 Å².